The molecule has 3 rings (SSSR count). The molecule has 29 heavy (non-hydrogen) atoms. The van der Waals surface area contributed by atoms with Gasteiger partial charge in [0.2, 0.25) is 0 Å². The molecule has 0 atom stereocenters. The van der Waals surface area contributed by atoms with E-state index in [4.69, 9.17) is 35.4 Å². The quantitative estimate of drug-likeness (QED) is 0.330. The lowest BCUT2D eigenvalue weighted by Crippen LogP contribution is -2.19. The second kappa shape index (κ2) is 10.4. The zero-order chi connectivity index (χ0) is 20.8. The van der Waals surface area contributed by atoms with Crippen LogP contribution in [-0.4, -0.2) is 14.9 Å². The molecule has 0 spiro atoms. The standard InChI is InChI=1S/C21H21BrCl2N4S/c1-2-3-4-14-5-8-16(9-6-14)25-21(29)26-20-17(22)13-28(27-20)12-15-7-10-18(23)19(24)11-15/h5-11,13H,2-4,12H2,1H3,(H2,25,26,27,29). The largest absolute Gasteiger partial charge is 0.332 e. The molecular weight excluding hydrogens is 491 g/mol. The first-order valence-electron chi connectivity index (χ1n) is 9.28. The van der Waals surface area contributed by atoms with E-state index >= 15 is 0 Å². The van der Waals surface area contributed by atoms with Crippen molar-refractivity contribution in [2.24, 2.45) is 0 Å². The molecule has 0 saturated carbocycles. The summed E-state index contributed by atoms with van der Waals surface area (Å²) in [5, 5.41) is 12.4. The van der Waals surface area contributed by atoms with Gasteiger partial charge >= 0.3 is 0 Å². The summed E-state index contributed by atoms with van der Waals surface area (Å²) in [5.74, 6) is 0.641. The molecular formula is C21H21BrCl2N4S. The van der Waals surface area contributed by atoms with Crippen LogP contribution >= 0.6 is 51.3 Å². The fourth-order valence-electron chi connectivity index (χ4n) is 2.79. The average molecular weight is 512 g/mol. The van der Waals surface area contributed by atoms with Crippen molar-refractivity contribution in [2.75, 3.05) is 10.6 Å². The van der Waals surface area contributed by atoms with Gasteiger partial charge in [0.15, 0.2) is 10.9 Å². The van der Waals surface area contributed by atoms with Crippen molar-refractivity contribution in [3.63, 3.8) is 0 Å². The molecule has 152 valence electrons. The molecule has 0 amide bonds. The van der Waals surface area contributed by atoms with Gasteiger partial charge in [0, 0.05) is 11.9 Å². The molecule has 0 fully saturated rings. The molecule has 8 heteroatoms. The Labute approximate surface area is 194 Å². The van der Waals surface area contributed by atoms with E-state index in [1.807, 2.05) is 30.5 Å². The minimum absolute atomic E-state index is 0.479. The summed E-state index contributed by atoms with van der Waals surface area (Å²) in [7, 11) is 0. The molecule has 3 aromatic rings. The summed E-state index contributed by atoms with van der Waals surface area (Å²) in [6.45, 7) is 2.76. The molecule has 2 aromatic carbocycles. The average Bonchev–Trinajstić information content (AvgIpc) is 3.03. The first-order chi connectivity index (χ1) is 13.9. The van der Waals surface area contributed by atoms with Crippen LogP contribution in [0.3, 0.4) is 0 Å². The Morgan fingerprint density at radius 2 is 1.79 bits per heavy atom. The van der Waals surface area contributed by atoms with Crippen molar-refractivity contribution >= 4 is 68.0 Å². The van der Waals surface area contributed by atoms with Crippen LogP contribution in [0.15, 0.2) is 53.1 Å². The van der Waals surface area contributed by atoms with Crippen molar-refractivity contribution in [1.82, 2.24) is 9.78 Å². The Kier molecular flexibility index (Phi) is 7.95. The third-order valence-corrected chi connectivity index (χ3v) is 5.83. The summed E-state index contributed by atoms with van der Waals surface area (Å²) in [6, 6.07) is 13.9. The molecule has 0 saturated heterocycles. The molecule has 4 nitrogen and oxygen atoms in total. The van der Waals surface area contributed by atoms with E-state index in [9.17, 15) is 0 Å². The summed E-state index contributed by atoms with van der Waals surface area (Å²) < 4.78 is 2.62. The van der Waals surface area contributed by atoms with Crippen LogP contribution in [0.1, 0.15) is 30.9 Å². The SMILES string of the molecule is CCCCc1ccc(NC(=S)Nc2nn(Cc3ccc(Cl)c(Cl)c3)cc2Br)cc1. The number of nitrogens with one attached hydrogen (secondary N) is 2. The van der Waals surface area contributed by atoms with Gasteiger partial charge in [0.1, 0.15) is 0 Å². The lowest BCUT2D eigenvalue weighted by Gasteiger charge is -2.10. The molecule has 1 aromatic heterocycles. The predicted molar refractivity (Wildman–Crippen MR) is 130 cm³/mol. The fourth-order valence-corrected chi connectivity index (χ4v) is 3.74. The maximum Gasteiger partial charge on any atom is 0.176 e. The molecule has 2 N–H and O–H groups in total. The van der Waals surface area contributed by atoms with Crippen LogP contribution in [0.2, 0.25) is 10.0 Å². The van der Waals surface area contributed by atoms with Gasteiger partial charge in [0.05, 0.1) is 21.1 Å². The number of hydrogen-bond acceptors (Lipinski definition) is 2. The van der Waals surface area contributed by atoms with Gasteiger partial charge in [-0.15, -0.1) is 0 Å². The Balaban J connectivity index is 1.59. The first kappa shape index (κ1) is 22.1. The predicted octanol–water partition coefficient (Wildman–Crippen LogP) is 7.15. The molecule has 0 unspecified atom stereocenters. The van der Waals surface area contributed by atoms with Gasteiger partial charge in [-0.3, -0.25) is 4.68 Å². The molecule has 0 bridgehead atoms. The van der Waals surface area contributed by atoms with Crippen LogP contribution in [0.5, 0.6) is 0 Å². The molecule has 0 aliphatic heterocycles. The third kappa shape index (κ3) is 6.44. The van der Waals surface area contributed by atoms with E-state index in [1.54, 1.807) is 10.7 Å². The number of hydrogen-bond donors (Lipinski definition) is 2. The first-order valence-corrected chi connectivity index (χ1v) is 11.2. The van der Waals surface area contributed by atoms with Gasteiger partial charge in [0.25, 0.3) is 0 Å². The zero-order valence-corrected chi connectivity index (χ0v) is 19.8. The number of nitrogens with zero attached hydrogens (tertiary/aromatic N) is 2. The van der Waals surface area contributed by atoms with Crippen molar-refractivity contribution in [3.8, 4) is 0 Å². The van der Waals surface area contributed by atoms with E-state index in [0.717, 1.165) is 22.1 Å². The highest BCUT2D eigenvalue weighted by molar-refractivity contribution is 9.10. The second-order valence-corrected chi connectivity index (χ2v) is 8.73. The smallest absolute Gasteiger partial charge is 0.176 e. The minimum Gasteiger partial charge on any atom is -0.332 e. The van der Waals surface area contributed by atoms with E-state index in [2.05, 4.69) is 50.7 Å². The van der Waals surface area contributed by atoms with E-state index < -0.39 is 0 Å². The fraction of sp³-hybridized carbons (Fsp3) is 0.238. The summed E-state index contributed by atoms with van der Waals surface area (Å²) in [5.41, 5.74) is 3.28. The lowest BCUT2D eigenvalue weighted by atomic mass is 10.1. The minimum atomic E-state index is 0.479. The topological polar surface area (TPSA) is 41.9 Å². The Morgan fingerprint density at radius 1 is 1.07 bits per heavy atom. The molecule has 1 heterocycles. The number of thiocarbonyl (C=S) groups is 1. The third-order valence-electron chi connectivity index (χ3n) is 4.31. The highest BCUT2D eigenvalue weighted by atomic mass is 79.9. The normalized spacial score (nSPS) is 10.8. The van der Waals surface area contributed by atoms with Crippen molar-refractivity contribution in [2.45, 2.75) is 32.7 Å². The molecule has 0 aliphatic carbocycles. The highest BCUT2D eigenvalue weighted by Crippen LogP contribution is 2.25. The van der Waals surface area contributed by atoms with Crippen LogP contribution in [-0.2, 0) is 13.0 Å². The van der Waals surface area contributed by atoms with Crippen molar-refractivity contribution < 1.29 is 0 Å². The number of rotatable bonds is 7. The summed E-state index contributed by atoms with van der Waals surface area (Å²) in [4.78, 5) is 0. The molecule has 0 aliphatic rings. The maximum absolute atomic E-state index is 6.09. The zero-order valence-electron chi connectivity index (χ0n) is 15.9. The number of anilines is 2. The monoisotopic (exact) mass is 510 g/mol. The van der Waals surface area contributed by atoms with Crippen molar-refractivity contribution in [1.29, 1.82) is 0 Å². The van der Waals surface area contributed by atoms with E-state index in [0.29, 0.717) is 27.5 Å². The van der Waals surface area contributed by atoms with E-state index in [1.165, 1.54) is 18.4 Å². The number of halogens is 3. The van der Waals surface area contributed by atoms with Gasteiger partial charge < -0.3 is 10.6 Å². The van der Waals surface area contributed by atoms with Gasteiger partial charge in [-0.2, -0.15) is 5.10 Å². The number of aryl methyl sites for hydroxylation is 1. The van der Waals surface area contributed by atoms with Crippen LogP contribution in [0.4, 0.5) is 11.5 Å². The number of aromatic nitrogens is 2. The van der Waals surface area contributed by atoms with Gasteiger partial charge in [-0.25, -0.2) is 0 Å². The number of unbranched alkanes of at least 4 members (excludes halogenated alkanes) is 1. The van der Waals surface area contributed by atoms with E-state index in [-0.39, 0.29) is 0 Å². The maximum atomic E-state index is 6.09. The summed E-state index contributed by atoms with van der Waals surface area (Å²) in [6.07, 6.45) is 5.38. The second-order valence-electron chi connectivity index (χ2n) is 6.65. The molecule has 0 radical (unpaired) electrons. The van der Waals surface area contributed by atoms with Gasteiger partial charge in [-0.05, 0) is 76.4 Å². The number of benzene rings is 2. The Bertz CT molecular complexity index is 989. The van der Waals surface area contributed by atoms with Gasteiger partial charge in [-0.1, -0.05) is 54.7 Å². The highest BCUT2D eigenvalue weighted by Gasteiger charge is 2.10. The van der Waals surface area contributed by atoms with Crippen LogP contribution in [0, 0.1) is 0 Å². The summed E-state index contributed by atoms with van der Waals surface area (Å²) >= 11 is 21.0. The Hall–Kier alpha value is -1.60. The van der Waals surface area contributed by atoms with Crippen molar-refractivity contribution in [3.05, 3.63) is 74.3 Å². The Morgan fingerprint density at radius 3 is 2.48 bits per heavy atom. The van der Waals surface area contributed by atoms with Crippen LogP contribution < -0.4 is 10.6 Å². The lowest BCUT2D eigenvalue weighted by molar-refractivity contribution is 0.689. The van der Waals surface area contributed by atoms with Crippen LogP contribution in [0.25, 0.3) is 0 Å².